The second-order valence-corrected chi connectivity index (χ2v) is 4.92. The molecule has 0 saturated heterocycles. The molecule has 0 atom stereocenters. The maximum absolute atomic E-state index is 7.53. The van der Waals surface area contributed by atoms with Crippen LogP contribution in [-0.4, -0.2) is 15.4 Å². The number of halogens is 1. The highest BCUT2D eigenvalue weighted by atomic mass is 35.5. The number of benzene rings is 1. The summed E-state index contributed by atoms with van der Waals surface area (Å²) in [7, 11) is 1.92. The fourth-order valence-electron chi connectivity index (χ4n) is 1.35. The molecule has 1 aromatic heterocycles. The molecule has 0 saturated carbocycles. The number of hydrogen-bond donors (Lipinski definition) is 2. The third-order valence-electron chi connectivity index (χ3n) is 2.21. The minimum Gasteiger partial charge on any atom is -0.384 e. The van der Waals surface area contributed by atoms with Crippen LogP contribution in [0.1, 0.15) is 5.56 Å². The lowest BCUT2D eigenvalue weighted by Crippen LogP contribution is -2.12. The zero-order valence-electron chi connectivity index (χ0n) is 9.14. The van der Waals surface area contributed by atoms with Crippen molar-refractivity contribution >= 4 is 29.2 Å². The van der Waals surface area contributed by atoms with Crippen LogP contribution in [0.5, 0.6) is 0 Å². The molecule has 2 rings (SSSR count). The number of aromatic nitrogens is 2. The molecule has 17 heavy (non-hydrogen) atoms. The first kappa shape index (κ1) is 12.0. The van der Waals surface area contributed by atoms with E-state index in [1.807, 2.05) is 23.9 Å². The first-order valence-corrected chi connectivity index (χ1v) is 6.06. The second kappa shape index (κ2) is 4.81. The van der Waals surface area contributed by atoms with Crippen molar-refractivity contribution in [2.45, 2.75) is 10.1 Å². The molecule has 0 radical (unpaired) electrons. The van der Waals surface area contributed by atoms with E-state index in [1.54, 1.807) is 18.3 Å². The van der Waals surface area contributed by atoms with Crippen molar-refractivity contribution in [3.05, 3.63) is 41.2 Å². The Morgan fingerprint density at radius 1 is 1.53 bits per heavy atom. The van der Waals surface area contributed by atoms with Crippen LogP contribution in [-0.2, 0) is 7.05 Å². The van der Waals surface area contributed by atoms with Crippen LogP contribution in [0.4, 0.5) is 0 Å². The van der Waals surface area contributed by atoms with Crippen LogP contribution in [0, 0.1) is 5.41 Å². The van der Waals surface area contributed by atoms with Crippen molar-refractivity contribution in [1.82, 2.24) is 9.55 Å². The van der Waals surface area contributed by atoms with Gasteiger partial charge in [-0.3, -0.25) is 5.41 Å². The van der Waals surface area contributed by atoms with Crippen LogP contribution in [0.3, 0.4) is 0 Å². The molecule has 88 valence electrons. The summed E-state index contributed by atoms with van der Waals surface area (Å²) in [5.41, 5.74) is 6.16. The standard InChI is InChI=1S/C11H11ClN4S/c1-16-5-4-15-11(16)17-9-3-2-7(12)6-8(9)10(13)14/h2-6H,1H3,(H3,13,14). The molecule has 0 amide bonds. The van der Waals surface area contributed by atoms with Gasteiger partial charge in [-0.05, 0) is 18.2 Å². The quantitative estimate of drug-likeness (QED) is 0.663. The van der Waals surface area contributed by atoms with Gasteiger partial charge < -0.3 is 10.3 Å². The van der Waals surface area contributed by atoms with Crippen molar-refractivity contribution in [2.24, 2.45) is 12.8 Å². The van der Waals surface area contributed by atoms with Gasteiger partial charge in [-0.15, -0.1) is 0 Å². The molecular formula is C11H11ClN4S. The first-order valence-electron chi connectivity index (χ1n) is 4.87. The number of rotatable bonds is 3. The molecule has 0 fully saturated rings. The summed E-state index contributed by atoms with van der Waals surface area (Å²) in [6.07, 6.45) is 3.59. The molecule has 0 spiro atoms. The Morgan fingerprint density at radius 2 is 2.29 bits per heavy atom. The third kappa shape index (κ3) is 2.62. The van der Waals surface area contributed by atoms with E-state index in [0.717, 1.165) is 10.1 Å². The number of nitrogens with one attached hydrogen (secondary N) is 1. The Bertz CT molecular complexity index is 564. The highest BCUT2D eigenvalue weighted by Gasteiger charge is 2.10. The summed E-state index contributed by atoms with van der Waals surface area (Å²) in [6, 6.07) is 5.31. The van der Waals surface area contributed by atoms with Gasteiger partial charge in [0.05, 0.1) is 0 Å². The Kier molecular flexibility index (Phi) is 3.40. The van der Waals surface area contributed by atoms with Crippen molar-refractivity contribution < 1.29 is 0 Å². The maximum Gasteiger partial charge on any atom is 0.172 e. The van der Waals surface area contributed by atoms with E-state index in [4.69, 9.17) is 22.7 Å². The summed E-state index contributed by atoms with van der Waals surface area (Å²) in [6.45, 7) is 0. The summed E-state index contributed by atoms with van der Waals surface area (Å²) >= 11 is 7.35. The topological polar surface area (TPSA) is 67.7 Å². The van der Waals surface area contributed by atoms with Crippen LogP contribution >= 0.6 is 23.4 Å². The number of amidine groups is 1. The van der Waals surface area contributed by atoms with Gasteiger partial charge in [0.15, 0.2) is 5.16 Å². The zero-order chi connectivity index (χ0) is 12.4. The van der Waals surface area contributed by atoms with E-state index in [1.165, 1.54) is 11.8 Å². The Balaban J connectivity index is 2.39. The Morgan fingerprint density at radius 3 is 2.88 bits per heavy atom. The smallest absolute Gasteiger partial charge is 0.172 e. The minimum atomic E-state index is 0.00390. The number of nitrogens with two attached hydrogens (primary N) is 1. The largest absolute Gasteiger partial charge is 0.384 e. The van der Waals surface area contributed by atoms with E-state index in [2.05, 4.69) is 4.98 Å². The summed E-state index contributed by atoms with van der Waals surface area (Å²) in [5.74, 6) is 0.00390. The number of nitrogen functional groups attached to an aromatic ring is 1. The molecule has 2 aromatic rings. The van der Waals surface area contributed by atoms with Gasteiger partial charge in [-0.1, -0.05) is 23.4 Å². The van der Waals surface area contributed by atoms with Crippen molar-refractivity contribution in [2.75, 3.05) is 0 Å². The predicted octanol–water partition coefficient (Wildman–Crippen LogP) is 2.51. The maximum atomic E-state index is 7.53. The molecule has 0 bridgehead atoms. The summed E-state index contributed by atoms with van der Waals surface area (Å²) < 4.78 is 1.91. The van der Waals surface area contributed by atoms with Gasteiger partial charge in [0.1, 0.15) is 5.84 Å². The Labute approximate surface area is 108 Å². The number of hydrogen-bond acceptors (Lipinski definition) is 3. The highest BCUT2D eigenvalue weighted by Crippen LogP contribution is 2.30. The minimum absolute atomic E-state index is 0.00390. The van der Waals surface area contributed by atoms with Crippen LogP contribution < -0.4 is 5.73 Å². The van der Waals surface area contributed by atoms with Gasteiger partial charge in [0, 0.05) is 34.9 Å². The molecule has 0 aliphatic heterocycles. The van der Waals surface area contributed by atoms with Crippen LogP contribution in [0.15, 0.2) is 40.6 Å². The van der Waals surface area contributed by atoms with Crippen molar-refractivity contribution in [3.8, 4) is 0 Å². The molecule has 1 aromatic carbocycles. The molecular weight excluding hydrogens is 256 g/mol. The highest BCUT2D eigenvalue weighted by molar-refractivity contribution is 7.99. The molecule has 0 aliphatic carbocycles. The average Bonchev–Trinajstić information content (AvgIpc) is 2.67. The first-order chi connectivity index (χ1) is 8.08. The fourth-order valence-corrected chi connectivity index (χ4v) is 2.45. The number of aryl methyl sites for hydroxylation is 1. The van der Waals surface area contributed by atoms with Gasteiger partial charge in [-0.25, -0.2) is 4.98 Å². The second-order valence-electron chi connectivity index (χ2n) is 3.48. The van der Waals surface area contributed by atoms with Crippen molar-refractivity contribution in [1.29, 1.82) is 5.41 Å². The van der Waals surface area contributed by atoms with Gasteiger partial charge in [-0.2, -0.15) is 0 Å². The summed E-state index contributed by atoms with van der Waals surface area (Å²) in [5, 5.41) is 8.95. The molecule has 0 aliphatic rings. The summed E-state index contributed by atoms with van der Waals surface area (Å²) in [4.78, 5) is 5.09. The number of imidazole rings is 1. The van der Waals surface area contributed by atoms with Crippen LogP contribution in [0.25, 0.3) is 0 Å². The van der Waals surface area contributed by atoms with Gasteiger partial charge in [0.25, 0.3) is 0 Å². The van der Waals surface area contributed by atoms with Gasteiger partial charge in [0.2, 0.25) is 0 Å². The van der Waals surface area contributed by atoms with Crippen LogP contribution in [0.2, 0.25) is 5.02 Å². The Hall–Kier alpha value is -1.46. The van der Waals surface area contributed by atoms with E-state index >= 15 is 0 Å². The predicted molar refractivity (Wildman–Crippen MR) is 69.8 cm³/mol. The number of nitrogens with zero attached hydrogens (tertiary/aromatic N) is 2. The van der Waals surface area contributed by atoms with E-state index < -0.39 is 0 Å². The molecule has 6 heteroatoms. The SMILES string of the molecule is Cn1ccnc1Sc1ccc(Cl)cc1C(=N)N. The molecule has 0 unspecified atom stereocenters. The average molecular weight is 267 g/mol. The lowest BCUT2D eigenvalue weighted by atomic mass is 10.2. The normalized spacial score (nSPS) is 10.5. The van der Waals surface area contributed by atoms with E-state index in [0.29, 0.717) is 10.6 Å². The zero-order valence-corrected chi connectivity index (χ0v) is 10.7. The lowest BCUT2D eigenvalue weighted by molar-refractivity contribution is 0.790. The molecule has 1 heterocycles. The third-order valence-corrected chi connectivity index (χ3v) is 3.60. The lowest BCUT2D eigenvalue weighted by Gasteiger charge is -2.08. The molecule has 4 nitrogen and oxygen atoms in total. The fraction of sp³-hybridized carbons (Fsp3) is 0.0909. The van der Waals surface area contributed by atoms with E-state index in [9.17, 15) is 0 Å². The van der Waals surface area contributed by atoms with E-state index in [-0.39, 0.29) is 5.84 Å². The molecule has 3 N–H and O–H groups in total. The van der Waals surface area contributed by atoms with Crippen molar-refractivity contribution in [3.63, 3.8) is 0 Å². The van der Waals surface area contributed by atoms with Gasteiger partial charge >= 0.3 is 0 Å². The monoisotopic (exact) mass is 266 g/mol.